The summed E-state index contributed by atoms with van der Waals surface area (Å²) in [6.07, 6.45) is -4.37. The van der Waals surface area contributed by atoms with Gasteiger partial charge in [-0.15, -0.1) is 0 Å². The minimum Gasteiger partial charge on any atom is -0.362 e. The smallest absolute Gasteiger partial charge is 0.362 e. The molecule has 1 atom stereocenters. The molecule has 0 fully saturated rings. The second-order valence-electron chi connectivity index (χ2n) is 5.68. The molecule has 10 heteroatoms. The molecule has 0 unspecified atom stereocenters. The molecular weight excluding hydrogens is 343 g/mol. The van der Waals surface area contributed by atoms with Crippen molar-refractivity contribution >= 4 is 17.3 Å². The van der Waals surface area contributed by atoms with Crippen LogP contribution in [0.2, 0.25) is 0 Å². The lowest BCUT2D eigenvalue weighted by molar-refractivity contribution is -0.384. The van der Waals surface area contributed by atoms with Crippen LogP contribution in [-0.4, -0.2) is 38.6 Å². The Morgan fingerprint density at radius 3 is 2.48 bits per heavy atom. The van der Waals surface area contributed by atoms with Crippen LogP contribution in [0.25, 0.3) is 0 Å². The SMILES string of the molecule is CCCCC1=NN(C(=O)c2ccc([N+](=O)[O-])cc2)[C@@](O)(C(F)(F)F)C1. The minimum atomic E-state index is -5.10. The molecule has 1 amide bonds. The zero-order valence-corrected chi connectivity index (χ0v) is 13.3. The Balaban J connectivity index is 2.35. The zero-order valence-electron chi connectivity index (χ0n) is 13.3. The molecule has 1 aromatic carbocycles. The quantitative estimate of drug-likeness (QED) is 0.645. The Morgan fingerprint density at radius 1 is 1.40 bits per heavy atom. The third-order valence-corrected chi connectivity index (χ3v) is 3.83. The number of nitro groups is 1. The second kappa shape index (κ2) is 6.79. The largest absolute Gasteiger partial charge is 0.438 e. The number of nitro benzene ring substituents is 1. The van der Waals surface area contributed by atoms with Gasteiger partial charge in [-0.3, -0.25) is 14.9 Å². The van der Waals surface area contributed by atoms with E-state index in [4.69, 9.17) is 0 Å². The Bertz CT molecular complexity index is 703. The molecule has 0 bridgehead atoms. The van der Waals surface area contributed by atoms with Gasteiger partial charge in [0.2, 0.25) is 0 Å². The van der Waals surface area contributed by atoms with E-state index in [1.807, 2.05) is 6.92 Å². The maximum atomic E-state index is 13.3. The van der Waals surface area contributed by atoms with Crippen LogP contribution in [0.3, 0.4) is 0 Å². The summed E-state index contributed by atoms with van der Waals surface area (Å²) in [5, 5.41) is 24.4. The van der Waals surface area contributed by atoms with E-state index in [1.165, 1.54) is 0 Å². The molecule has 0 aliphatic carbocycles. The van der Waals surface area contributed by atoms with Crippen molar-refractivity contribution in [2.75, 3.05) is 0 Å². The summed E-state index contributed by atoms with van der Waals surface area (Å²) in [6.45, 7) is 1.85. The normalized spacial score (nSPS) is 20.5. The molecule has 1 N–H and O–H groups in total. The van der Waals surface area contributed by atoms with Crippen LogP contribution in [0.15, 0.2) is 29.4 Å². The van der Waals surface area contributed by atoms with Crippen LogP contribution in [0.1, 0.15) is 43.0 Å². The van der Waals surface area contributed by atoms with E-state index in [0.29, 0.717) is 6.42 Å². The number of hydrazone groups is 1. The average molecular weight is 359 g/mol. The van der Waals surface area contributed by atoms with E-state index in [-0.39, 0.29) is 28.4 Å². The van der Waals surface area contributed by atoms with Gasteiger partial charge in [0.25, 0.3) is 17.3 Å². The number of halogens is 3. The summed E-state index contributed by atoms with van der Waals surface area (Å²) >= 11 is 0. The van der Waals surface area contributed by atoms with Gasteiger partial charge in [-0.25, -0.2) is 0 Å². The Kier molecular flexibility index (Phi) is 5.12. The number of benzene rings is 1. The number of unbranched alkanes of at least 4 members (excludes halogenated alkanes) is 1. The molecule has 0 saturated carbocycles. The molecule has 1 aliphatic rings. The van der Waals surface area contributed by atoms with E-state index in [2.05, 4.69) is 5.10 Å². The van der Waals surface area contributed by atoms with Crippen LogP contribution in [0.5, 0.6) is 0 Å². The van der Waals surface area contributed by atoms with Gasteiger partial charge in [-0.1, -0.05) is 13.3 Å². The van der Waals surface area contributed by atoms with Crippen molar-refractivity contribution in [1.82, 2.24) is 5.01 Å². The van der Waals surface area contributed by atoms with Gasteiger partial charge in [-0.2, -0.15) is 23.3 Å². The number of nitrogens with zero attached hydrogens (tertiary/aromatic N) is 3. The first-order valence-electron chi connectivity index (χ1n) is 7.54. The number of hydrogen-bond donors (Lipinski definition) is 1. The highest BCUT2D eigenvalue weighted by molar-refractivity contribution is 5.98. The maximum absolute atomic E-state index is 13.3. The molecule has 0 spiro atoms. The Labute approximate surface area is 140 Å². The third-order valence-electron chi connectivity index (χ3n) is 3.83. The van der Waals surface area contributed by atoms with E-state index in [1.54, 1.807) is 0 Å². The number of alkyl halides is 3. The average Bonchev–Trinajstić information content (AvgIpc) is 2.90. The van der Waals surface area contributed by atoms with Gasteiger partial charge in [0, 0.05) is 29.8 Å². The molecule has 0 aromatic heterocycles. The lowest BCUT2D eigenvalue weighted by Gasteiger charge is -2.32. The van der Waals surface area contributed by atoms with Crippen molar-refractivity contribution in [3.8, 4) is 0 Å². The third kappa shape index (κ3) is 3.63. The molecule has 1 aromatic rings. The van der Waals surface area contributed by atoms with Crippen molar-refractivity contribution in [3.05, 3.63) is 39.9 Å². The van der Waals surface area contributed by atoms with Crippen LogP contribution in [0.4, 0.5) is 18.9 Å². The zero-order chi connectivity index (χ0) is 18.8. The van der Waals surface area contributed by atoms with Crippen molar-refractivity contribution in [2.45, 2.75) is 44.5 Å². The number of hydrogen-bond acceptors (Lipinski definition) is 5. The van der Waals surface area contributed by atoms with Gasteiger partial charge >= 0.3 is 6.18 Å². The molecule has 1 heterocycles. The fourth-order valence-electron chi connectivity index (χ4n) is 2.42. The highest BCUT2D eigenvalue weighted by Crippen LogP contribution is 2.41. The molecule has 2 rings (SSSR count). The lowest BCUT2D eigenvalue weighted by atomic mass is 10.0. The summed E-state index contributed by atoms with van der Waals surface area (Å²) in [4.78, 5) is 22.3. The van der Waals surface area contributed by atoms with Gasteiger partial charge in [-0.05, 0) is 25.0 Å². The van der Waals surface area contributed by atoms with Crippen LogP contribution in [0, 0.1) is 10.1 Å². The molecule has 136 valence electrons. The number of amides is 1. The van der Waals surface area contributed by atoms with Gasteiger partial charge < -0.3 is 5.11 Å². The second-order valence-corrected chi connectivity index (χ2v) is 5.68. The fourth-order valence-corrected chi connectivity index (χ4v) is 2.42. The molecule has 0 radical (unpaired) electrons. The van der Waals surface area contributed by atoms with Gasteiger partial charge in [0.15, 0.2) is 0 Å². The molecule has 7 nitrogen and oxygen atoms in total. The Hall–Kier alpha value is -2.49. The number of rotatable bonds is 5. The lowest BCUT2D eigenvalue weighted by Crippen LogP contribution is -2.56. The number of non-ortho nitro benzene ring substituents is 1. The standard InChI is InChI=1S/C15H16F3N3O4/c1-2-3-4-11-9-14(23,15(16,17)18)20(19-11)13(22)10-5-7-12(8-6-10)21(24)25/h5-8,23H,2-4,9H2,1H3/t14-/m0/s1. The van der Waals surface area contributed by atoms with E-state index < -0.39 is 29.2 Å². The van der Waals surface area contributed by atoms with Crippen molar-refractivity contribution in [2.24, 2.45) is 5.10 Å². The van der Waals surface area contributed by atoms with Crippen LogP contribution in [-0.2, 0) is 0 Å². The van der Waals surface area contributed by atoms with Crippen molar-refractivity contribution < 1.29 is 28.0 Å². The predicted octanol–water partition coefficient (Wildman–Crippen LogP) is 3.24. The summed E-state index contributed by atoms with van der Waals surface area (Å²) in [7, 11) is 0. The van der Waals surface area contributed by atoms with Crippen molar-refractivity contribution in [3.63, 3.8) is 0 Å². The summed E-state index contributed by atoms with van der Waals surface area (Å²) < 4.78 is 40.0. The first-order chi connectivity index (χ1) is 11.6. The minimum absolute atomic E-state index is 0.0269. The Morgan fingerprint density at radius 2 is 2.00 bits per heavy atom. The first kappa shape index (κ1) is 18.8. The van der Waals surface area contributed by atoms with Gasteiger partial charge in [0.1, 0.15) is 0 Å². The topological polar surface area (TPSA) is 96.0 Å². The predicted molar refractivity (Wildman–Crippen MR) is 81.8 cm³/mol. The monoisotopic (exact) mass is 359 g/mol. The maximum Gasteiger partial charge on any atom is 0.438 e. The highest BCUT2D eigenvalue weighted by Gasteiger charge is 2.63. The number of carbonyl (C=O) groups excluding carboxylic acids is 1. The number of aliphatic hydroxyl groups is 1. The van der Waals surface area contributed by atoms with E-state index >= 15 is 0 Å². The van der Waals surface area contributed by atoms with Crippen molar-refractivity contribution in [1.29, 1.82) is 0 Å². The number of carbonyl (C=O) groups is 1. The first-order valence-corrected chi connectivity index (χ1v) is 7.54. The summed E-state index contributed by atoms with van der Waals surface area (Å²) in [6, 6.07) is 4.04. The van der Waals surface area contributed by atoms with E-state index in [0.717, 1.165) is 30.7 Å². The fraction of sp³-hybridized carbons (Fsp3) is 0.467. The van der Waals surface area contributed by atoms with Crippen LogP contribution < -0.4 is 0 Å². The molecule has 25 heavy (non-hydrogen) atoms. The molecular formula is C15H16F3N3O4. The van der Waals surface area contributed by atoms with Gasteiger partial charge in [0.05, 0.1) is 4.92 Å². The summed E-state index contributed by atoms with van der Waals surface area (Å²) in [5.74, 6) is -1.18. The highest BCUT2D eigenvalue weighted by atomic mass is 19.4. The molecule has 0 saturated heterocycles. The van der Waals surface area contributed by atoms with Crippen LogP contribution >= 0.6 is 0 Å². The van der Waals surface area contributed by atoms with E-state index in [9.17, 15) is 33.2 Å². The summed E-state index contributed by atoms with van der Waals surface area (Å²) in [5.41, 5.74) is -3.89. The molecule has 1 aliphatic heterocycles.